The van der Waals surface area contributed by atoms with Gasteiger partial charge in [-0.3, -0.25) is 0 Å². The number of hydrogen-bond acceptors (Lipinski definition) is 7. The second-order valence-corrected chi connectivity index (χ2v) is 12.5. The van der Waals surface area contributed by atoms with Gasteiger partial charge in [0.05, 0.1) is 22.0 Å². The van der Waals surface area contributed by atoms with Crippen LogP contribution in [-0.2, 0) is 10.0 Å². The quantitative estimate of drug-likeness (QED) is 0.327. The van der Waals surface area contributed by atoms with Crippen LogP contribution in [0.4, 0.5) is 11.5 Å². The van der Waals surface area contributed by atoms with Crippen LogP contribution in [0.2, 0.25) is 0 Å². The van der Waals surface area contributed by atoms with E-state index in [1.807, 2.05) is 25.1 Å². The van der Waals surface area contributed by atoms with E-state index < -0.39 is 10.0 Å². The van der Waals surface area contributed by atoms with Crippen molar-refractivity contribution in [1.29, 1.82) is 0 Å². The maximum atomic E-state index is 13.4. The molecule has 4 aromatic rings. The van der Waals surface area contributed by atoms with Crippen LogP contribution in [0.15, 0.2) is 70.3 Å². The molecule has 0 aliphatic carbocycles. The molecular weight excluding hydrogens is 552 g/mol. The second kappa shape index (κ2) is 10.1. The number of anilines is 2. The summed E-state index contributed by atoms with van der Waals surface area (Å²) in [6, 6.07) is 15.4. The van der Waals surface area contributed by atoms with Gasteiger partial charge in [0.2, 0.25) is 0 Å². The van der Waals surface area contributed by atoms with Crippen LogP contribution in [0.1, 0.15) is 38.1 Å². The zero-order valence-corrected chi connectivity index (χ0v) is 23.7. The fourth-order valence-electron chi connectivity index (χ4n) is 4.89. The third-order valence-electron chi connectivity index (χ3n) is 6.64. The third kappa shape index (κ3) is 5.10. The van der Waals surface area contributed by atoms with Crippen molar-refractivity contribution in [2.45, 2.75) is 50.7 Å². The van der Waals surface area contributed by atoms with Gasteiger partial charge in [-0.15, -0.1) is 0 Å². The van der Waals surface area contributed by atoms with Gasteiger partial charge < -0.3 is 15.5 Å². The number of benzene rings is 1. The fourth-order valence-corrected chi connectivity index (χ4v) is 6.94. The number of aryl methyl sites for hydroxylation is 1. The Morgan fingerprint density at radius 3 is 2.49 bits per heavy atom. The van der Waals surface area contributed by atoms with Crippen molar-refractivity contribution in [3.05, 3.63) is 76.7 Å². The predicted octanol–water partition coefficient (Wildman–Crippen LogP) is 5.10. The van der Waals surface area contributed by atoms with Gasteiger partial charge in [0.15, 0.2) is 5.65 Å². The van der Waals surface area contributed by atoms with Crippen molar-refractivity contribution in [1.82, 2.24) is 19.3 Å². The Kier molecular flexibility index (Phi) is 6.99. The molecule has 37 heavy (non-hydrogen) atoms. The number of aromatic nitrogens is 3. The minimum Gasteiger partial charge on any atom is -0.376 e. The average molecular weight is 584 g/mol. The Hall–Kier alpha value is -2.95. The maximum absolute atomic E-state index is 13.4. The van der Waals surface area contributed by atoms with E-state index in [9.17, 15) is 8.42 Å². The Bertz CT molecular complexity index is 1530. The predicted molar refractivity (Wildman–Crippen MR) is 152 cm³/mol. The summed E-state index contributed by atoms with van der Waals surface area (Å²) >= 11 is 3.57. The molecule has 1 fully saturated rings. The molecule has 0 unspecified atom stereocenters. The Balaban J connectivity index is 1.45. The van der Waals surface area contributed by atoms with E-state index in [-0.39, 0.29) is 10.9 Å². The molecule has 1 aliphatic rings. The van der Waals surface area contributed by atoms with Crippen LogP contribution >= 0.6 is 15.9 Å². The van der Waals surface area contributed by atoms with E-state index in [0.717, 1.165) is 35.9 Å². The van der Waals surface area contributed by atoms with Gasteiger partial charge in [-0.1, -0.05) is 23.8 Å². The number of piperazine rings is 1. The molecule has 0 bridgehead atoms. The lowest BCUT2D eigenvalue weighted by Crippen LogP contribution is -2.54. The summed E-state index contributed by atoms with van der Waals surface area (Å²) in [7, 11) is -3.81. The maximum Gasteiger partial charge on any atom is 0.269 e. The normalized spacial score (nSPS) is 19.2. The lowest BCUT2D eigenvalue weighted by atomic mass is 10.1. The van der Waals surface area contributed by atoms with Gasteiger partial charge >= 0.3 is 0 Å². The highest BCUT2D eigenvalue weighted by Crippen LogP contribution is 2.35. The first-order valence-electron chi connectivity index (χ1n) is 12.4. The molecule has 0 amide bonds. The molecule has 0 spiro atoms. The van der Waals surface area contributed by atoms with Crippen molar-refractivity contribution < 1.29 is 8.42 Å². The average Bonchev–Trinajstić information content (AvgIpc) is 3.22. The minimum absolute atomic E-state index is 0.118. The Labute approximate surface area is 226 Å². The lowest BCUT2D eigenvalue weighted by molar-refractivity contribution is 0.405. The summed E-state index contributed by atoms with van der Waals surface area (Å²) in [5.74, 6) is 0.961. The smallest absolute Gasteiger partial charge is 0.269 e. The zero-order chi connectivity index (χ0) is 26.3. The SMILES string of the molecule is Cc1ccc(S(=O)(=O)n2cc(Br)c3c(N[C@@H](C)c4cccc(N5C[C@@H](C)N[C@@H](C)C5)n4)ccnc32)cc1. The standard InChI is InChI=1S/C27H31BrN6O2S/c1-17-8-10-21(11-9-17)37(35,36)34-16-22(28)26-24(12-13-29-27(26)34)31-20(4)23-6-5-7-25(32-23)33-14-18(2)30-19(3)15-33/h5-13,16,18-20,30H,14-15H2,1-4H3,(H,29,31)/t18-,19+,20-/m0/s1. The number of fused-ring (bicyclic) bond motifs is 1. The molecular formula is C27H31BrN6O2S. The second-order valence-electron chi connectivity index (χ2n) is 9.81. The van der Waals surface area contributed by atoms with Gasteiger partial charge in [0.1, 0.15) is 5.82 Å². The van der Waals surface area contributed by atoms with Crippen LogP contribution < -0.4 is 15.5 Å². The topological polar surface area (TPSA) is 92.2 Å². The zero-order valence-electron chi connectivity index (χ0n) is 21.3. The third-order valence-corrected chi connectivity index (χ3v) is 8.91. The number of halogens is 1. The van der Waals surface area contributed by atoms with E-state index in [0.29, 0.717) is 27.6 Å². The molecule has 3 aromatic heterocycles. The molecule has 8 nitrogen and oxygen atoms in total. The fraction of sp³-hybridized carbons (Fsp3) is 0.333. The van der Waals surface area contributed by atoms with Gasteiger partial charge in [0.25, 0.3) is 10.0 Å². The molecule has 4 heterocycles. The molecule has 2 N–H and O–H groups in total. The van der Waals surface area contributed by atoms with Crippen LogP contribution in [0.5, 0.6) is 0 Å². The van der Waals surface area contributed by atoms with Crippen LogP contribution in [0.3, 0.4) is 0 Å². The van der Waals surface area contributed by atoms with Crippen LogP contribution in [0.25, 0.3) is 11.0 Å². The highest BCUT2D eigenvalue weighted by molar-refractivity contribution is 9.10. The monoisotopic (exact) mass is 582 g/mol. The van der Waals surface area contributed by atoms with Crippen molar-refractivity contribution >= 4 is 48.5 Å². The summed E-state index contributed by atoms with van der Waals surface area (Å²) in [5, 5.41) is 7.79. The van der Waals surface area contributed by atoms with Crippen molar-refractivity contribution in [3.63, 3.8) is 0 Å². The Morgan fingerprint density at radius 1 is 1.08 bits per heavy atom. The molecule has 0 saturated carbocycles. The first-order chi connectivity index (χ1) is 17.6. The van der Waals surface area contributed by atoms with Gasteiger partial charge in [-0.2, -0.15) is 0 Å². The van der Waals surface area contributed by atoms with Gasteiger partial charge in [0, 0.05) is 47.7 Å². The number of nitrogens with zero attached hydrogens (tertiary/aromatic N) is 4. The first-order valence-corrected chi connectivity index (χ1v) is 14.6. The summed E-state index contributed by atoms with van der Waals surface area (Å²) in [4.78, 5) is 11.9. The minimum atomic E-state index is -3.81. The highest BCUT2D eigenvalue weighted by Gasteiger charge is 2.25. The van der Waals surface area contributed by atoms with Gasteiger partial charge in [-0.05, 0) is 74.0 Å². The molecule has 1 saturated heterocycles. The lowest BCUT2D eigenvalue weighted by Gasteiger charge is -2.37. The van der Waals surface area contributed by atoms with Crippen LogP contribution in [-0.4, -0.2) is 47.5 Å². The molecule has 1 aromatic carbocycles. The first kappa shape index (κ1) is 25.7. The number of nitrogens with one attached hydrogen (secondary N) is 2. The van der Waals surface area contributed by atoms with E-state index in [4.69, 9.17) is 4.98 Å². The van der Waals surface area contributed by atoms with Crippen LogP contribution in [0, 0.1) is 6.92 Å². The highest BCUT2D eigenvalue weighted by atomic mass is 79.9. The van der Waals surface area contributed by atoms with Crippen molar-refractivity contribution in [3.8, 4) is 0 Å². The van der Waals surface area contributed by atoms with E-state index in [2.05, 4.69) is 63.3 Å². The number of hydrogen-bond donors (Lipinski definition) is 2. The summed E-state index contributed by atoms with van der Waals surface area (Å²) < 4.78 is 28.7. The summed E-state index contributed by atoms with van der Waals surface area (Å²) in [6.07, 6.45) is 3.19. The van der Waals surface area contributed by atoms with E-state index >= 15 is 0 Å². The molecule has 3 atom stereocenters. The molecule has 5 rings (SSSR count). The number of rotatable bonds is 6. The van der Waals surface area contributed by atoms with Crippen molar-refractivity contribution in [2.75, 3.05) is 23.3 Å². The Morgan fingerprint density at radius 2 is 1.78 bits per heavy atom. The van der Waals surface area contributed by atoms with Crippen molar-refractivity contribution in [2.24, 2.45) is 0 Å². The summed E-state index contributed by atoms with van der Waals surface area (Å²) in [5.41, 5.74) is 3.04. The van der Waals surface area contributed by atoms with E-state index in [1.54, 1.807) is 36.7 Å². The largest absolute Gasteiger partial charge is 0.376 e. The van der Waals surface area contributed by atoms with E-state index in [1.165, 1.54) is 3.97 Å². The van der Waals surface area contributed by atoms with Gasteiger partial charge in [-0.25, -0.2) is 22.4 Å². The molecule has 1 aliphatic heterocycles. The molecule has 0 radical (unpaired) electrons. The molecule has 10 heteroatoms. The summed E-state index contributed by atoms with van der Waals surface area (Å²) in [6.45, 7) is 10.2. The number of pyridine rings is 2. The molecule has 194 valence electrons.